The number of allylic oxidation sites excluding steroid dienone is 3. The summed E-state index contributed by atoms with van der Waals surface area (Å²) in [6, 6.07) is 5.21. The number of esters is 2. The highest BCUT2D eigenvalue weighted by atomic mass is 16.5. The van der Waals surface area contributed by atoms with Crippen molar-refractivity contribution < 1.29 is 33.3 Å². The molecule has 0 unspecified atom stereocenters. The lowest BCUT2D eigenvalue weighted by Gasteiger charge is -2.38. The fourth-order valence-electron chi connectivity index (χ4n) is 4.53. The normalized spacial score (nSPS) is 22.7. The van der Waals surface area contributed by atoms with Crippen molar-refractivity contribution in [1.29, 1.82) is 0 Å². The molecule has 3 atom stereocenters. The number of benzene rings is 1. The Morgan fingerprint density at radius 1 is 1.16 bits per heavy atom. The highest BCUT2D eigenvalue weighted by Crippen LogP contribution is 2.48. The van der Waals surface area contributed by atoms with Crippen LogP contribution < -0.4 is 14.8 Å². The number of ketones is 1. The SMILES string of the molecule is CCOC(=O)C1=C(C)NC2=C(C(=O)[C@H](C(=O)OC)[C@H](C)C2)[C@@H]1c1ccc(OC)cc1OC. The largest absolute Gasteiger partial charge is 0.497 e. The Morgan fingerprint density at radius 2 is 1.88 bits per heavy atom. The van der Waals surface area contributed by atoms with Crippen molar-refractivity contribution in [3.8, 4) is 11.5 Å². The molecule has 1 aromatic rings. The average molecular weight is 443 g/mol. The lowest BCUT2D eigenvalue weighted by atomic mass is 9.69. The van der Waals surface area contributed by atoms with Crippen LogP contribution in [0.3, 0.4) is 0 Å². The molecule has 8 nitrogen and oxygen atoms in total. The molecular weight excluding hydrogens is 414 g/mol. The van der Waals surface area contributed by atoms with E-state index in [1.165, 1.54) is 14.2 Å². The topological polar surface area (TPSA) is 100 Å². The number of methoxy groups -OCH3 is 3. The number of rotatable bonds is 6. The Balaban J connectivity index is 2.25. The zero-order valence-corrected chi connectivity index (χ0v) is 19.2. The third-order valence-electron chi connectivity index (χ3n) is 5.99. The predicted octanol–water partition coefficient (Wildman–Crippen LogP) is 2.88. The molecule has 0 radical (unpaired) electrons. The summed E-state index contributed by atoms with van der Waals surface area (Å²) in [4.78, 5) is 39.2. The van der Waals surface area contributed by atoms with E-state index in [0.29, 0.717) is 46.0 Å². The van der Waals surface area contributed by atoms with E-state index in [0.717, 1.165) is 0 Å². The summed E-state index contributed by atoms with van der Waals surface area (Å²) in [5.74, 6) is -2.42. The van der Waals surface area contributed by atoms with Gasteiger partial charge in [0, 0.05) is 28.6 Å². The first-order chi connectivity index (χ1) is 15.3. The predicted molar refractivity (Wildman–Crippen MR) is 116 cm³/mol. The van der Waals surface area contributed by atoms with Crippen LogP contribution >= 0.6 is 0 Å². The van der Waals surface area contributed by atoms with Crippen LogP contribution in [-0.2, 0) is 23.9 Å². The summed E-state index contributed by atoms with van der Waals surface area (Å²) in [5.41, 5.74) is 2.56. The van der Waals surface area contributed by atoms with E-state index in [-0.39, 0.29) is 18.3 Å². The zero-order valence-electron chi connectivity index (χ0n) is 19.2. The second-order valence-electron chi connectivity index (χ2n) is 7.86. The van der Waals surface area contributed by atoms with Crippen LogP contribution in [0.15, 0.2) is 40.7 Å². The van der Waals surface area contributed by atoms with Crippen molar-refractivity contribution in [3.05, 3.63) is 46.3 Å². The molecule has 1 aromatic carbocycles. The summed E-state index contributed by atoms with van der Waals surface area (Å²) in [7, 11) is 4.32. The number of Topliss-reactive ketones (excluding diaryl/α,β-unsaturated/α-hetero) is 1. The molecule has 1 aliphatic carbocycles. The molecule has 0 aromatic heterocycles. The Hall–Kier alpha value is -3.29. The van der Waals surface area contributed by atoms with Crippen LogP contribution in [0, 0.1) is 11.8 Å². The van der Waals surface area contributed by atoms with E-state index >= 15 is 0 Å². The maximum Gasteiger partial charge on any atom is 0.336 e. The number of carbonyl (C=O) groups is 3. The van der Waals surface area contributed by atoms with Gasteiger partial charge in [-0.25, -0.2) is 4.79 Å². The smallest absolute Gasteiger partial charge is 0.336 e. The molecule has 1 heterocycles. The van der Waals surface area contributed by atoms with Gasteiger partial charge < -0.3 is 24.3 Å². The third kappa shape index (κ3) is 3.97. The van der Waals surface area contributed by atoms with Gasteiger partial charge in [-0.3, -0.25) is 9.59 Å². The molecular formula is C24H29NO7. The van der Waals surface area contributed by atoms with Gasteiger partial charge in [0.1, 0.15) is 17.4 Å². The number of carbonyl (C=O) groups excluding carboxylic acids is 3. The van der Waals surface area contributed by atoms with Crippen LogP contribution in [0.1, 0.15) is 38.7 Å². The Kier molecular flexibility index (Phi) is 6.91. The lowest BCUT2D eigenvalue weighted by molar-refractivity contribution is -0.151. The van der Waals surface area contributed by atoms with Crippen molar-refractivity contribution in [3.63, 3.8) is 0 Å². The molecule has 1 N–H and O–H groups in total. The molecule has 32 heavy (non-hydrogen) atoms. The molecule has 172 valence electrons. The highest BCUT2D eigenvalue weighted by molar-refractivity contribution is 6.12. The maximum atomic E-state index is 13.7. The molecule has 0 fully saturated rings. The summed E-state index contributed by atoms with van der Waals surface area (Å²) < 4.78 is 21.1. The van der Waals surface area contributed by atoms with Gasteiger partial charge in [0.2, 0.25) is 0 Å². The third-order valence-corrected chi connectivity index (χ3v) is 5.99. The van der Waals surface area contributed by atoms with E-state index in [1.54, 1.807) is 39.2 Å². The molecule has 3 rings (SSSR count). The fourth-order valence-corrected chi connectivity index (χ4v) is 4.53. The first-order valence-corrected chi connectivity index (χ1v) is 10.5. The first kappa shape index (κ1) is 23.4. The lowest BCUT2D eigenvalue weighted by Crippen LogP contribution is -2.43. The summed E-state index contributed by atoms with van der Waals surface area (Å²) in [5, 5.41) is 3.23. The quantitative estimate of drug-likeness (QED) is 0.529. The Bertz CT molecular complexity index is 1010. The van der Waals surface area contributed by atoms with Crippen LogP contribution in [0.2, 0.25) is 0 Å². The fraction of sp³-hybridized carbons (Fsp3) is 0.458. The zero-order chi connectivity index (χ0) is 23.6. The van der Waals surface area contributed by atoms with Gasteiger partial charge in [0.15, 0.2) is 5.78 Å². The molecule has 1 aliphatic heterocycles. The van der Waals surface area contributed by atoms with Crippen molar-refractivity contribution in [2.45, 2.75) is 33.1 Å². The van der Waals surface area contributed by atoms with Crippen LogP contribution in [0.4, 0.5) is 0 Å². The number of hydrogen-bond acceptors (Lipinski definition) is 8. The van der Waals surface area contributed by atoms with E-state index in [4.69, 9.17) is 18.9 Å². The molecule has 0 saturated heterocycles. The van der Waals surface area contributed by atoms with E-state index in [1.807, 2.05) is 6.92 Å². The standard InChI is InChI=1S/C24H29NO7/c1-7-32-24(28)19-13(3)25-16-10-12(2)18(23(27)31-6)22(26)21(16)20(19)15-9-8-14(29-4)11-17(15)30-5/h8-9,11-12,18,20,25H,7,10H2,1-6H3/t12-,18-,20-/m1/s1. The van der Waals surface area contributed by atoms with Gasteiger partial charge in [-0.15, -0.1) is 0 Å². The van der Waals surface area contributed by atoms with Gasteiger partial charge in [-0.05, 0) is 32.3 Å². The molecule has 0 spiro atoms. The molecule has 0 saturated carbocycles. The van der Waals surface area contributed by atoms with E-state index in [2.05, 4.69) is 5.32 Å². The van der Waals surface area contributed by atoms with E-state index in [9.17, 15) is 14.4 Å². The second-order valence-corrected chi connectivity index (χ2v) is 7.86. The number of nitrogens with one attached hydrogen (secondary N) is 1. The number of hydrogen-bond donors (Lipinski definition) is 1. The van der Waals surface area contributed by atoms with Crippen molar-refractivity contribution in [2.75, 3.05) is 27.9 Å². The van der Waals surface area contributed by atoms with Crippen molar-refractivity contribution >= 4 is 17.7 Å². The molecule has 0 bridgehead atoms. The van der Waals surface area contributed by atoms with Crippen molar-refractivity contribution in [1.82, 2.24) is 5.32 Å². The minimum absolute atomic E-state index is 0.184. The van der Waals surface area contributed by atoms with Gasteiger partial charge in [0.05, 0.1) is 39.4 Å². The molecule has 2 aliphatic rings. The van der Waals surface area contributed by atoms with Crippen LogP contribution in [0.25, 0.3) is 0 Å². The number of ether oxygens (including phenoxy) is 4. The Labute approximate surface area is 187 Å². The second kappa shape index (κ2) is 9.46. The monoisotopic (exact) mass is 443 g/mol. The summed E-state index contributed by atoms with van der Waals surface area (Å²) in [6.07, 6.45) is 0.462. The first-order valence-electron chi connectivity index (χ1n) is 10.5. The highest BCUT2D eigenvalue weighted by Gasteiger charge is 2.47. The van der Waals surface area contributed by atoms with Gasteiger partial charge in [-0.2, -0.15) is 0 Å². The van der Waals surface area contributed by atoms with Gasteiger partial charge in [0.25, 0.3) is 0 Å². The summed E-state index contributed by atoms with van der Waals surface area (Å²) in [6.45, 7) is 5.52. The number of dihydropyridines is 1. The summed E-state index contributed by atoms with van der Waals surface area (Å²) >= 11 is 0. The molecule has 0 amide bonds. The van der Waals surface area contributed by atoms with Crippen LogP contribution in [-0.4, -0.2) is 45.7 Å². The van der Waals surface area contributed by atoms with Crippen molar-refractivity contribution in [2.24, 2.45) is 11.8 Å². The van der Waals surface area contributed by atoms with Gasteiger partial charge in [-0.1, -0.05) is 13.0 Å². The maximum absolute atomic E-state index is 13.7. The van der Waals surface area contributed by atoms with E-state index < -0.39 is 23.8 Å². The average Bonchev–Trinajstić information content (AvgIpc) is 2.77. The minimum Gasteiger partial charge on any atom is -0.497 e. The Morgan fingerprint density at radius 3 is 2.47 bits per heavy atom. The van der Waals surface area contributed by atoms with Crippen LogP contribution in [0.5, 0.6) is 11.5 Å². The minimum atomic E-state index is -0.950. The molecule has 8 heteroatoms. The van der Waals surface area contributed by atoms with Gasteiger partial charge >= 0.3 is 11.9 Å².